The van der Waals surface area contributed by atoms with E-state index in [2.05, 4.69) is 10.3 Å². The molecule has 1 aliphatic heterocycles. The first-order chi connectivity index (χ1) is 16.1. The highest BCUT2D eigenvalue weighted by atomic mass is 19.1. The summed E-state index contributed by atoms with van der Waals surface area (Å²) < 4.78 is 34.8. The number of fused-ring (bicyclic) bond motifs is 2. The number of para-hydroxylation sites is 1. The van der Waals surface area contributed by atoms with Gasteiger partial charge in [-0.2, -0.15) is 5.10 Å². The van der Waals surface area contributed by atoms with Crippen LogP contribution in [0, 0.1) is 11.6 Å². The van der Waals surface area contributed by atoms with Gasteiger partial charge in [0.2, 0.25) is 0 Å². The van der Waals surface area contributed by atoms with Crippen LogP contribution in [0.25, 0.3) is 16.7 Å². The summed E-state index contributed by atoms with van der Waals surface area (Å²) in [6.07, 6.45) is 3.97. The SMILES string of the molecule is O=C(c1nn(-c2ccccc2F)c2c1CCC2)N1CCC(c2noc3cc(F)ccc23)CC1. The Morgan fingerprint density at radius 2 is 1.88 bits per heavy atom. The Bertz CT molecular complexity index is 1370. The predicted octanol–water partition coefficient (Wildman–Crippen LogP) is 4.80. The molecule has 1 fully saturated rings. The number of benzene rings is 2. The minimum atomic E-state index is -0.354. The second kappa shape index (κ2) is 7.79. The Morgan fingerprint density at radius 1 is 1.06 bits per heavy atom. The maximum atomic E-state index is 14.4. The van der Waals surface area contributed by atoms with Gasteiger partial charge in [-0.15, -0.1) is 0 Å². The number of carbonyl (C=O) groups is 1. The third-order valence-electron chi connectivity index (χ3n) is 6.84. The third-order valence-corrected chi connectivity index (χ3v) is 6.84. The van der Waals surface area contributed by atoms with Crippen molar-refractivity contribution in [2.75, 3.05) is 13.1 Å². The van der Waals surface area contributed by atoms with Gasteiger partial charge in [-0.05, 0) is 56.4 Å². The highest BCUT2D eigenvalue weighted by Gasteiger charge is 2.33. The average molecular weight is 448 g/mol. The van der Waals surface area contributed by atoms with Crippen LogP contribution in [0.15, 0.2) is 47.0 Å². The molecular weight excluding hydrogens is 426 g/mol. The Kier molecular flexibility index (Phi) is 4.74. The summed E-state index contributed by atoms with van der Waals surface area (Å²) in [6.45, 7) is 1.14. The Labute approximate surface area is 188 Å². The van der Waals surface area contributed by atoms with E-state index in [0.29, 0.717) is 30.1 Å². The molecule has 0 saturated carbocycles. The van der Waals surface area contributed by atoms with E-state index in [9.17, 15) is 13.6 Å². The fourth-order valence-corrected chi connectivity index (χ4v) is 5.16. The van der Waals surface area contributed by atoms with Gasteiger partial charge in [-0.25, -0.2) is 13.5 Å². The molecule has 2 aliphatic rings. The van der Waals surface area contributed by atoms with Crippen molar-refractivity contribution in [3.63, 3.8) is 0 Å². The molecule has 1 aliphatic carbocycles. The lowest BCUT2D eigenvalue weighted by molar-refractivity contribution is 0.0704. The summed E-state index contributed by atoms with van der Waals surface area (Å²) in [7, 11) is 0. The molecule has 2 aromatic heterocycles. The lowest BCUT2D eigenvalue weighted by Crippen LogP contribution is -2.38. The normalized spacial score (nSPS) is 16.5. The van der Waals surface area contributed by atoms with Gasteiger partial charge in [0.15, 0.2) is 11.3 Å². The maximum absolute atomic E-state index is 14.4. The average Bonchev–Trinajstić information content (AvgIpc) is 3.54. The molecule has 2 aromatic carbocycles. The van der Waals surface area contributed by atoms with Crippen LogP contribution < -0.4 is 0 Å². The van der Waals surface area contributed by atoms with E-state index in [4.69, 9.17) is 4.52 Å². The van der Waals surface area contributed by atoms with Gasteiger partial charge in [0.25, 0.3) is 5.91 Å². The van der Waals surface area contributed by atoms with E-state index in [1.165, 1.54) is 18.2 Å². The molecular formula is C25H22F2N4O2. The zero-order chi connectivity index (χ0) is 22.5. The fraction of sp³-hybridized carbons (Fsp3) is 0.320. The van der Waals surface area contributed by atoms with E-state index in [-0.39, 0.29) is 23.5 Å². The van der Waals surface area contributed by atoms with Crippen LogP contribution in [-0.4, -0.2) is 38.8 Å². The van der Waals surface area contributed by atoms with Crippen molar-refractivity contribution >= 4 is 16.9 Å². The summed E-state index contributed by atoms with van der Waals surface area (Å²) >= 11 is 0. The van der Waals surface area contributed by atoms with E-state index >= 15 is 0 Å². The van der Waals surface area contributed by atoms with Crippen molar-refractivity contribution in [3.05, 3.63) is 76.7 Å². The number of nitrogens with zero attached hydrogens (tertiary/aromatic N) is 4. The first-order valence-electron chi connectivity index (χ1n) is 11.3. The zero-order valence-electron chi connectivity index (χ0n) is 17.9. The Morgan fingerprint density at radius 3 is 2.70 bits per heavy atom. The number of amides is 1. The monoisotopic (exact) mass is 448 g/mol. The number of carbonyl (C=O) groups excluding carboxylic acids is 1. The van der Waals surface area contributed by atoms with Crippen molar-refractivity contribution in [3.8, 4) is 5.69 Å². The summed E-state index contributed by atoms with van der Waals surface area (Å²) in [4.78, 5) is 15.2. The standard InChI is InChI=1S/C25H22F2N4O2/c26-16-8-9-18-22(14-16)33-29-23(18)15-10-12-30(13-11-15)25(32)24-17-4-3-7-20(17)31(28-24)21-6-2-1-5-19(21)27/h1-2,5-6,8-9,14-15H,3-4,7,10-13H2. The molecule has 6 rings (SSSR count). The third kappa shape index (κ3) is 3.32. The summed E-state index contributed by atoms with van der Waals surface area (Å²) in [5, 5.41) is 9.58. The van der Waals surface area contributed by atoms with Crippen LogP contribution in [0.3, 0.4) is 0 Å². The summed E-state index contributed by atoms with van der Waals surface area (Å²) in [5.41, 5.74) is 3.95. The van der Waals surface area contributed by atoms with Gasteiger partial charge < -0.3 is 9.42 Å². The molecule has 168 valence electrons. The topological polar surface area (TPSA) is 64.2 Å². The Balaban J connectivity index is 1.23. The number of likely N-dealkylation sites (tertiary alicyclic amines) is 1. The second-order valence-corrected chi connectivity index (χ2v) is 8.77. The highest BCUT2D eigenvalue weighted by Crippen LogP contribution is 2.34. The molecule has 1 saturated heterocycles. The van der Waals surface area contributed by atoms with Crippen molar-refractivity contribution in [2.24, 2.45) is 0 Å². The van der Waals surface area contributed by atoms with Gasteiger partial charge in [-0.1, -0.05) is 17.3 Å². The lowest BCUT2D eigenvalue weighted by atomic mass is 9.91. The van der Waals surface area contributed by atoms with E-state index in [1.807, 2.05) is 4.90 Å². The van der Waals surface area contributed by atoms with Crippen LogP contribution in [0.2, 0.25) is 0 Å². The Hall–Kier alpha value is -3.55. The molecule has 6 nitrogen and oxygen atoms in total. The van der Waals surface area contributed by atoms with Crippen molar-refractivity contribution in [2.45, 2.75) is 38.0 Å². The number of halogens is 2. The molecule has 33 heavy (non-hydrogen) atoms. The number of hydrogen-bond acceptors (Lipinski definition) is 4. The van der Waals surface area contributed by atoms with E-state index < -0.39 is 0 Å². The van der Waals surface area contributed by atoms with E-state index in [1.54, 1.807) is 28.9 Å². The molecule has 0 bridgehead atoms. The number of aromatic nitrogens is 3. The molecule has 8 heteroatoms. The zero-order valence-corrected chi connectivity index (χ0v) is 17.9. The first-order valence-corrected chi connectivity index (χ1v) is 11.3. The van der Waals surface area contributed by atoms with Gasteiger partial charge in [0, 0.05) is 41.7 Å². The van der Waals surface area contributed by atoms with Crippen molar-refractivity contribution in [1.82, 2.24) is 19.8 Å². The lowest BCUT2D eigenvalue weighted by Gasteiger charge is -2.31. The van der Waals surface area contributed by atoms with Crippen molar-refractivity contribution < 1.29 is 18.1 Å². The number of piperidine rings is 1. The molecule has 0 atom stereocenters. The molecule has 4 aromatic rings. The largest absolute Gasteiger partial charge is 0.356 e. The smallest absolute Gasteiger partial charge is 0.274 e. The quantitative estimate of drug-likeness (QED) is 0.452. The first kappa shape index (κ1) is 20.1. The van der Waals surface area contributed by atoms with Crippen LogP contribution in [0.4, 0.5) is 8.78 Å². The fourth-order valence-electron chi connectivity index (χ4n) is 5.16. The molecule has 1 amide bonds. The minimum Gasteiger partial charge on any atom is -0.356 e. The maximum Gasteiger partial charge on any atom is 0.274 e. The summed E-state index contributed by atoms with van der Waals surface area (Å²) in [5.74, 6) is -0.668. The molecule has 0 radical (unpaired) electrons. The summed E-state index contributed by atoms with van der Waals surface area (Å²) in [6, 6.07) is 11.0. The molecule has 3 heterocycles. The van der Waals surface area contributed by atoms with Gasteiger partial charge in [0.05, 0.1) is 5.69 Å². The van der Waals surface area contributed by atoms with E-state index in [0.717, 1.165) is 54.4 Å². The van der Waals surface area contributed by atoms with Crippen LogP contribution in [0.1, 0.15) is 52.6 Å². The van der Waals surface area contributed by atoms with Crippen molar-refractivity contribution in [1.29, 1.82) is 0 Å². The minimum absolute atomic E-state index is 0.103. The van der Waals surface area contributed by atoms with Crippen LogP contribution in [-0.2, 0) is 12.8 Å². The van der Waals surface area contributed by atoms with Crippen LogP contribution in [0.5, 0.6) is 0 Å². The van der Waals surface area contributed by atoms with Gasteiger partial charge in [0.1, 0.15) is 17.3 Å². The van der Waals surface area contributed by atoms with Gasteiger partial charge >= 0.3 is 0 Å². The molecule has 0 unspecified atom stereocenters. The molecule has 0 N–H and O–H groups in total. The highest BCUT2D eigenvalue weighted by molar-refractivity contribution is 5.94. The predicted molar refractivity (Wildman–Crippen MR) is 117 cm³/mol. The van der Waals surface area contributed by atoms with Crippen LogP contribution >= 0.6 is 0 Å². The van der Waals surface area contributed by atoms with Gasteiger partial charge in [-0.3, -0.25) is 4.79 Å². The number of rotatable bonds is 3. The second-order valence-electron chi connectivity index (χ2n) is 8.77. The molecule has 0 spiro atoms. The number of hydrogen-bond donors (Lipinski definition) is 0.